The van der Waals surface area contributed by atoms with Crippen molar-refractivity contribution >= 4 is 11.7 Å². The van der Waals surface area contributed by atoms with E-state index in [0.29, 0.717) is 23.5 Å². The summed E-state index contributed by atoms with van der Waals surface area (Å²) >= 11 is 0. The second kappa shape index (κ2) is 6.38. The van der Waals surface area contributed by atoms with E-state index in [0.717, 1.165) is 11.3 Å². The van der Waals surface area contributed by atoms with Crippen LogP contribution < -0.4 is 4.74 Å². The van der Waals surface area contributed by atoms with E-state index in [9.17, 15) is 14.9 Å². The Morgan fingerprint density at radius 2 is 2.09 bits per heavy atom. The Morgan fingerprint density at radius 3 is 2.64 bits per heavy atom. The van der Waals surface area contributed by atoms with Gasteiger partial charge >= 0.3 is 5.97 Å². The average molecular weight is 304 g/mol. The van der Waals surface area contributed by atoms with Gasteiger partial charge in [-0.3, -0.25) is 14.9 Å². The van der Waals surface area contributed by atoms with Gasteiger partial charge in [-0.2, -0.15) is 0 Å². The molecule has 0 aliphatic carbocycles. The van der Waals surface area contributed by atoms with Crippen molar-refractivity contribution < 1.29 is 19.0 Å². The van der Waals surface area contributed by atoms with Crippen LogP contribution in [0, 0.1) is 30.9 Å². The second-order valence-electron chi connectivity index (χ2n) is 4.98. The third kappa shape index (κ3) is 3.49. The summed E-state index contributed by atoms with van der Waals surface area (Å²) < 4.78 is 10.2. The lowest BCUT2D eigenvalue weighted by atomic mass is 10.1. The first-order chi connectivity index (χ1) is 10.4. The molecule has 22 heavy (non-hydrogen) atoms. The molecule has 7 heteroatoms. The Bertz CT molecular complexity index is 701. The van der Waals surface area contributed by atoms with E-state index < -0.39 is 10.9 Å². The van der Waals surface area contributed by atoms with Crippen LogP contribution in [0.3, 0.4) is 0 Å². The lowest BCUT2D eigenvalue weighted by Gasteiger charge is -2.05. The van der Waals surface area contributed by atoms with Gasteiger partial charge in [0, 0.05) is 17.2 Å². The number of hydrogen-bond acceptors (Lipinski definition) is 6. The van der Waals surface area contributed by atoms with Gasteiger partial charge in [-0.1, -0.05) is 5.16 Å². The molecule has 1 aromatic heterocycles. The average Bonchev–Trinajstić information content (AvgIpc) is 2.75. The molecule has 7 nitrogen and oxygen atoms in total. The topological polar surface area (TPSA) is 95.5 Å². The van der Waals surface area contributed by atoms with Crippen molar-refractivity contribution in [2.45, 2.75) is 33.6 Å². The molecule has 0 radical (unpaired) electrons. The number of ether oxygens (including phenoxy) is 1. The molecule has 0 bridgehead atoms. The number of hydrogen-bond donors (Lipinski definition) is 0. The predicted molar refractivity (Wildman–Crippen MR) is 77.8 cm³/mol. The number of benzene rings is 1. The van der Waals surface area contributed by atoms with E-state index in [-0.39, 0.29) is 12.1 Å². The lowest BCUT2D eigenvalue weighted by Crippen LogP contribution is -2.09. The molecule has 0 unspecified atom stereocenters. The van der Waals surface area contributed by atoms with Crippen molar-refractivity contribution in [2.75, 3.05) is 0 Å². The minimum atomic E-state index is -0.474. The van der Waals surface area contributed by atoms with E-state index >= 15 is 0 Å². The monoisotopic (exact) mass is 304 g/mol. The van der Waals surface area contributed by atoms with Gasteiger partial charge in [0.25, 0.3) is 5.69 Å². The fourth-order valence-corrected chi connectivity index (χ4v) is 2.16. The highest BCUT2D eigenvalue weighted by Crippen LogP contribution is 2.23. The molecule has 0 N–H and O–H groups in total. The van der Waals surface area contributed by atoms with Gasteiger partial charge in [0.1, 0.15) is 11.5 Å². The maximum Gasteiger partial charge on any atom is 0.311 e. The number of nitrogens with zero attached hydrogens (tertiary/aromatic N) is 2. The van der Waals surface area contributed by atoms with Crippen LogP contribution in [0.4, 0.5) is 5.69 Å². The zero-order valence-electron chi connectivity index (χ0n) is 12.6. The van der Waals surface area contributed by atoms with Crippen LogP contribution in [0.2, 0.25) is 0 Å². The summed E-state index contributed by atoms with van der Waals surface area (Å²) in [7, 11) is 0. The van der Waals surface area contributed by atoms with E-state index in [1.54, 1.807) is 13.8 Å². The summed E-state index contributed by atoms with van der Waals surface area (Å²) in [6, 6.07) is 4.22. The van der Waals surface area contributed by atoms with Crippen LogP contribution in [-0.4, -0.2) is 16.0 Å². The maximum absolute atomic E-state index is 11.9. The summed E-state index contributed by atoms with van der Waals surface area (Å²) in [5.41, 5.74) is 2.10. The molecule has 0 spiro atoms. The fourth-order valence-electron chi connectivity index (χ4n) is 2.16. The van der Waals surface area contributed by atoms with E-state index in [1.165, 1.54) is 18.2 Å². The number of rotatable bonds is 5. The molecule has 0 aliphatic rings. The molecule has 0 amide bonds. The Hall–Kier alpha value is -2.70. The van der Waals surface area contributed by atoms with Gasteiger partial charge in [0.2, 0.25) is 0 Å². The molecule has 0 aliphatic heterocycles. The normalized spacial score (nSPS) is 10.5. The van der Waals surface area contributed by atoms with Crippen molar-refractivity contribution in [3.05, 3.63) is 50.9 Å². The Balaban J connectivity index is 1.98. The minimum Gasteiger partial charge on any atom is -0.427 e. The molecule has 2 rings (SSSR count). The molecule has 1 aromatic carbocycles. The highest BCUT2D eigenvalue weighted by molar-refractivity contribution is 5.73. The molecule has 1 heterocycles. The lowest BCUT2D eigenvalue weighted by molar-refractivity contribution is -0.385. The first kappa shape index (κ1) is 15.7. The predicted octanol–water partition coefficient (Wildman–Crippen LogP) is 3.05. The zero-order valence-corrected chi connectivity index (χ0v) is 12.6. The molecule has 2 aromatic rings. The van der Waals surface area contributed by atoms with E-state index in [2.05, 4.69) is 5.16 Å². The minimum absolute atomic E-state index is 0.00415. The molecule has 0 atom stereocenters. The van der Waals surface area contributed by atoms with Crippen LogP contribution in [0.25, 0.3) is 0 Å². The molecule has 116 valence electrons. The number of aromatic nitrogens is 1. The summed E-state index contributed by atoms with van der Waals surface area (Å²) in [5.74, 6) is 0.580. The van der Waals surface area contributed by atoms with Gasteiger partial charge in [0.15, 0.2) is 0 Å². The Kier molecular flexibility index (Phi) is 4.55. The van der Waals surface area contributed by atoms with Crippen LogP contribution in [0.1, 0.15) is 29.0 Å². The standard InChI is InChI=1S/C15H16N2O5/c1-9-8-12(4-6-14(9)17(19)20)21-15(18)7-5-13-10(2)16-22-11(13)3/h4,6,8H,5,7H2,1-3H3. The van der Waals surface area contributed by atoms with Crippen LogP contribution >= 0.6 is 0 Å². The number of aryl methyl sites for hydroxylation is 3. The SMILES string of the molecule is Cc1cc(OC(=O)CCc2c(C)noc2C)ccc1[N+](=O)[O-]. The van der Waals surface area contributed by atoms with Gasteiger partial charge in [-0.15, -0.1) is 0 Å². The molecular formula is C15H16N2O5. The summed E-state index contributed by atoms with van der Waals surface area (Å²) in [6.07, 6.45) is 0.658. The van der Waals surface area contributed by atoms with Crippen LogP contribution in [-0.2, 0) is 11.2 Å². The van der Waals surface area contributed by atoms with Gasteiger partial charge in [-0.25, -0.2) is 0 Å². The third-order valence-corrected chi connectivity index (χ3v) is 3.36. The molecular weight excluding hydrogens is 288 g/mol. The Morgan fingerprint density at radius 1 is 1.36 bits per heavy atom. The third-order valence-electron chi connectivity index (χ3n) is 3.36. The highest BCUT2D eigenvalue weighted by atomic mass is 16.6. The first-order valence-electron chi connectivity index (χ1n) is 6.76. The molecule has 0 saturated carbocycles. The van der Waals surface area contributed by atoms with Crippen LogP contribution in [0.15, 0.2) is 22.7 Å². The van der Waals surface area contributed by atoms with Crippen molar-refractivity contribution in [2.24, 2.45) is 0 Å². The van der Waals surface area contributed by atoms with Crippen LogP contribution in [0.5, 0.6) is 5.75 Å². The smallest absolute Gasteiger partial charge is 0.311 e. The van der Waals surface area contributed by atoms with E-state index in [4.69, 9.17) is 9.26 Å². The number of esters is 1. The highest BCUT2D eigenvalue weighted by Gasteiger charge is 2.14. The summed E-state index contributed by atoms with van der Waals surface area (Å²) in [5, 5.41) is 14.6. The summed E-state index contributed by atoms with van der Waals surface area (Å²) in [6.45, 7) is 5.20. The molecule has 0 fully saturated rings. The Labute approximate surface area is 127 Å². The first-order valence-corrected chi connectivity index (χ1v) is 6.76. The largest absolute Gasteiger partial charge is 0.427 e. The number of nitro benzene ring substituents is 1. The second-order valence-corrected chi connectivity index (χ2v) is 4.98. The van der Waals surface area contributed by atoms with E-state index in [1.807, 2.05) is 6.92 Å². The number of nitro groups is 1. The van der Waals surface area contributed by atoms with Gasteiger partial charge in [-0.05, 0) is 39.3 Å². The fraction of sp³-hybridized carbons (Fsp3) is 0.333. The van der Waals surface area contributed by atoms with Crippen molar-refractivity contribution in [3.63, 3.8) is 0 Å². The quantitative estimate of drug-likeness (QED) is 0.364. The van der Waals surface area contributed by atoms with Gasteiger partial charge < -0.3 is 9.26 Å². The van der Waals surface area contributed by atoms with Crippen molar-refractivity contribution in [3.8, 4) is 5.75 Å². The van der Waals surface area contributed by atoms with Crippen molar-refractivity contribution in [1.82, 2.24) is 5.16 Å². The molecule has 0 saturated heterocycles. The number of carbonyl (C=O) groups excluding carboxylic acids is 1. The van der Waals surface area contributed by atoms with Crippen molar-refractivity contribution in [1.29, 1.82) is 0 Å². The van der Waals surface area contributed by atoms with Gasteiger partial charge in [0.05, 0.1) is 17.0 Å². The zero-order chi connectivity index (χ0) is 16.3. The maximum atomic E-state index is 11.9. The summed E-state index contributed by atoms with van der Waals surface area (Å²) in [4.78, 5) is 22.1. The number of carbonyl (C=O) groups is 1.